The van der Waals surface area contributed by atoms with Crippen molar-refractivity contribution in [1.82, 2.24) is 21.3 Å². The van der Waals surface area contributed by atoms with Crippen LogP contribution in [-0.4, -0.2) is 99.5 Å². The topological polar surface area (TPSA) is 284 Å². The highest BCUT2D eigenvalue weighted by atomic mass is 16.5. The Labute approximate surface area is 311 Å². The van der Waals surface area contributed by atoms with E-state index in [1.165, 1.54) is 0 Å². The second-order valence-electron chi connectivity index (χ2n) is 12.8. The molecular formula is C37H47N5O12. The Morgan fingerprint density at radius 2 is 1.07 bits per heavy atom. The van der Waals surface area contributed by atoms with Crippen LogP contribution in [0.25, 0.3) is 11.1 Å². The molecule has 10 N–H and O–H groups in total. The fourth-order valence-corrected chi connectivity index (χ4v) is 6.00. The molecule has 1 aliphatic rings. The van der Waals surface area contributed by atoms with Gasteiger partial charge in [-0.2, -0.15) is 0 Å². The minimum atomic E-state index is -1.55. The molecule has 4 amide bonds. The Balaban J connectivity index is 1.75. The number of ether oxygens (including phenoxy) is 1. The van der Waals surface area contributed by atoms with Gasteiger partial charge in [0.25, 0.3) is 0 Å². The molecule has 17 nitrogen and oxygen atoms in total. The lowest BCUT2D eigenvalue weighted by atomic mass is 9.98. The summed E-state index contributed by atoms with van der Waals surface area (Å²) in [5, 5.41) is 47.3. The van der Waals surface area contributed by atoms with Gasteiger partial charge in [0.15, 0.2) is 0 Å². The van der Waals surface area contributed by atoms with E-state index in [9.17, 15) is 54.0 Å². The Bertz CT molecular complexity index is 1650. The van der Waals surface area contributed by atoms with Gasteiger partial charge in [0.05, 0.1) is 5.76 Å². The Kier molecular flexibility index (Phi) is 16.4. The number of aliphatic carboxylic acids is 3. The summed E-state index contributed by atoms with van der Waals surface area (Å²) < 4.78 is 5.52. The zero-order chi connectivity index (χ0) is 39.8. The molecule has 17 heteroatoms. The van der Waals surface area contributed by atoms with E-state index < -0.39 is 91.6 Å². The van der Waals surface area contributed by atoms with Crippen LogP contribution >= 0.6 is 0 Å². The van der Waals surface area contributed by atoms with Gasteiger partial charge in [-0.1, -0.05) is 55.1 Å². The van der Waals surface area contributed by atoms with Crippen molar-refractivity contribution in [2.24, 2.45) is 5.73 Å². The summed E-state index contributed by atoms with van der Waals surface area (Å²) in [4.78, 5) is 87.9. The molecule has 0 aliphatic heterocycles. The molecule has 0 bridgehead atoms. The van der Waals surface area contributed by atoms with E-state index in [0.29, 0.717) is 19.4 Å². The van der Waals surface area contributed by atoms with Crippen molar-refractivity contribution in [1.29, 1.82) is 0 Å². The number of aliphatic hydroxyl groups is 1. The largest absolute Gasteiger partial charge is 0.513 e. The molecule has 1 aliphatic carbocycles. The number of allylic oxidation sites excluding steroid dienone is 1. The number of nitrogens with two attached hydrogens (primary N) is 1. The Morgan fingerprint density at radius 3 is 1.52 bits per heavy atom. The number of carbonyl (C=O) groups is 7. The van der Waals surface area contributed by atoms with Crippen molar-refractivity contribution in [3.05, 3.63) is 72.0 Å². The second kappa shape index (κ2) is 20.9. The van der Waals surface area contributed by atoms with Gasteiger partial charge in [-0.05, 0) is 67.3 Å². The highest BCUT2D eigenvalue weighted by Crippen LogP contribution is 2.44. The molecule has 3 rings (SSSR count). The van der Waals surface area contributed by atoms with Gasteiger partial charge in [0.1, 0.15) is 30.8 Å². The number of aliphatic hydroxyl groups excluding tert-OH is 1. The number of unbranched alkanes of at least 4 members (excludes halogenated alkanes) is 1. The molecule has 0 unspecified atom stereocenters. The van der Waals surface area contributed by atoms with Gasteiger partial charge < -0.3 is 52.2 Å². The zero-order valence-electron chi connectivity index (χ0n) is 29.6. The van der Waals surface area contributed by atoms with Gasteiger partial charge in [-0.25, -0.2) is 9.59 Å². The summed E-state index contributed by atoms with van der Waals surface area (Å²) in [6.45, 7) is 3.56. The molecule has 2 aromatic rings. The third-order valence-electron chi connectivity index (χ3n) is 8.80. The molecule has 54 heavy (non-hydrogen) atoms. The van der Waals surface area contributed by atoms with Crippen LogP contribution in [0.3, 0.4) is 0 Å². The molecule has 0 aromatic heterocycles. The van der Waals surface area contributed by atoms with E-state index >= 15 is 0 Å². The molecule has 0 saturated heterocycles. The maximum absolute atomic E-state index is 13.5. The summed E-state index contributed by atoms with van der Waals surface area (Å²) in [6.07, 6.45) is -2.65. The number of nitrogens with one attached hydrogen (secondary N) is 4. The van der Waals surface area contributed by atoms with E-state index in [4.69, 9.17) is 10.5 Å². The number of carboxylic acids is 3. The summed E-state index contributed by atoms with van der Waals surface area (Å²) in [5.74, 6) is -7.59. The first-order valence-electron chi connectivity index (χ1n) is 17.5. The van der Waals surface area contributed by atoms with Gasteiger partial charge in [-0.15, -0.1) is 0 Å². The summed E-state index contributed by atoms with van der Waals surface area (Å²) in [7, 11) is 0. The van der Waals surface area contributed by atoms with Crippen LogP contribution in [0, 0.1) is 0 Å². The molecule has 4 atom stereocenters. The number of fused-ring (bicyclic) bond motifs is 3. The number of carbonyl (C=O) groups excluding carboxylic acids is 4. The smallest absolute Gasteiger partial charge is 0.407 e. The molecular weight excluding hydrogens is 706 g/mol. The fraction of sp³-hybridized carbons (Fsp3) is 0.432. The number of carboxylic acid groups (broad SMARTS) is 3. The quantitative estimate of drug-likeness (QED) is 0.0582. The average molecular weight is 754 g/mol. The average Bonchev–Trinajstić information content (AvgIpc) is 3.45. The van der Waals surface area contributed by atoms with E-state index in [1.807, 2.05) is 48.5 Å². The van der Waals surface area contributed by atoms with E-state index in [2.05, 4.69) is 27.8 Å². The first-order chi connectivity index (χ1) is 25.7. The van der Waals surface area contributed by atoms with Crippen LogP contribution in [0.2, 0.25) is 0 Å². The molecule has 292 valence electrons. The molecule has 2 aromatic carbocycles. The lowest BCUT2D eigenvalue weighted by molar-refractivity contribution is -0.143. The van der Waals surface area contributed by atoms with Crippen LogP contribution in [-0.2, 0) is 33.5 Å². The number of rotatable bonds is 23. The monoisotopic (exact) mass is 753 g/mol. The van der Waals surface area contributed by atoms with Crippen molar-refractivity contribution in [2.45, 2.75) is 87.9 Å². The maximum Gasteiger partial charge on any atom is 0.407 e. The fourth-order valence-electron chi connectivity index (χ4n) is 6.00. The highest BCUT2D eigenvalue weighted by Gasteiger charge is 2.33. The number of benzene rings is 2. The number of hydrogen-bond donors (Lipinski definition) is 9. The summed E-state index contributed by atoms with van der Waals surface area (Å²) in [6, 6.07) is 9.32. The first-order valence-corrected chi connectivity index (χ1v) is 17.5. The summed E-state index contributed by atoms with van der Waals surface area (Å²) in [5.41, 5.74) is 9.32. The maximum atomic E-state index is 13.5. The van der Waals surface area contributed by atoms with Gasteiger partial charge in [-0.3, -0.25) is 24.0 Å². The van der Waals surface area contributed by atoms with Gasteiger partial charge in [0, 0.05) is 25.2 Å². The van der Waals surface area contributed by atoms with Crippen molar-refractivity contribution in [2.75, 3.05) is 13.2 Å². The SMILES string of the molecule is C=C(O)CC[C@@H](NC(=O)[C@@H](CCC(=O)O)NC(=O)OCC1c2ccccc2-c2ccccc21)C(=O)N[C@H](CCC(=O)O)C(=O)N[C@H](CCCCN)C(=O)O. The predicted molar refractivity (Wildman–Crippen MR) is 193 cm³/mol. The van der Waals surface area contributed by atoms with Crippen molar-refractivity contribution >= 4 is 41.7 Å². The van der Waals surface area contributed by atoms with Crippen molar-refractivity contribution in [3.8, 4) is 11.1 Å². The van der Waals surface area contributed by atoms with E-state index in [-0.39, 0.29) is 37.5 Å². The summed E-state index contributed by atoms with van der Waals surface area (Å²) >= 11 is 0. The molecule has 0 radical (unpaired) electrons. The molecule has 0 heterocycles. The molecule has 0 fully saturated rings. The minimum absolute atomic E-state index is 0.0174. The third kappa shape index (κ3) is 12.9. The normalized spacial score (nSPS) is 13.9. The zero-order valence-corrected chi connectivity index (χ0v) is 29.6. The molecule has 0 saturated carbocycles. The van der Waals surface area contributed by atoms with Crippen LogP contribution in [0.5, 0.6) is 0 Å². The van der Waals surface area contributed by atoms with E-state index in [1.54, 1.807) is 0 Å². The first kappa shape index (κ1) is 42.4. The van der Waals surface area contributed by atoms with Crippen LogP contribution in [0.4, 0.5) is 4.79 Å². The standard InChI is InChI=1S/C37H47N5O12/c1-21(43)13-14-27(33(48)40-28(15-17-31(44)45)34(49)41-30(36(51)52)12-6-7-19-38)39-35(50)29(16-18-32(46)47)42-37(53)54-20-26-24-10-4-2-8-22(24)23-9-3-5-11-25(23)26/h2-5,8-11,26-30,43H,1,6-7,12-20,38H2,(H,39,50)(H,40,48)(H,41,49)(H,42,53)(H,44,45)(H,46,47)(H,51,52)/t27-,28-,29-,30-/m1/s1. The van der Waals surface area contributed by atoms with E-state index in [0.717, 1.165) is 22.3 Å². The van der Waals surface area contributed by atoms with Crippen LogP contribution in [0.15, 0.2) is 60.9 Å². The Morgan fingerprint density at radius 1 is 0.630 bits per heavy atom. The lowest BCUT2D eigenvalue weighted by Gasteiger charge is -2.26. The third-order valence-corrected chi connectivity index (χ3v) is 8.80. The van der Waals surface area contributed by atoms with Crippen LogP contribution in [0.1, 0.15) is 74.8 Å². The number of alkyl carbamates (subject to hydrolysis) is 1. The minimum Gasteiger partial charge on any atom is -0.513 e. The van der Waals surface area contributed by atoms with Crippen LogP contribution < -0.4 is 27.0 Å². The lowest BCUT2D eigenvalue weighted by Crippen LogP contribution is -2.57. The Hall–Kier alpha value is -5.97. The van der Waals surface area contributed by atoms with Crippen molar-refractivity contribution in [3.63, 3.8) is 0 Å². The van der Waals surface area contributed by atoms with Gasteiger partial charge in [0.2, 0.25) is 17.7 Å². The highest BCUT2D eigenvalue weighted by molar-refractivity contribution is 5.95. The van der Waals surface area contributed by atoms with Gasteiger partial charge >= 0.3 is 24.0 Å². The van der Waals surface area contributed by atoms with Crippen molar-refractivity contribution < 1.29 is 58.7 Å². The second-order valence-corrected chi connectivity index (χ2v) is 12.8. The molecule has 0 spiro atoms. The number of hydrogen-bond acceptors (Lipinski definition) is 10. The number of amides is 4. The predicted octanol–water partition coefficient (Wildman–Crippen LogP) is 2.14.